The lowest BCUT2D eigenvalue weighted by Crippen LogP contribution is -2.41. The molecule has 0 saturated heterocycles. The normalized spacial score (nSPS) is 14.4. The summed E-state index contributed by atoms with van der Waals surface area (Å²) in [6, 6.07) is 19.3. The maximum Gasteiger partial charge on any atom is 0.192 e. The van der Waals surface area contributed by atoms with Crippen molar-refractivity contribution in [2.24, 2.45) is 0 Å². The van der Waals surface area contributed by atoms with Gasteiger partial charge in [-0.25, -0.2) is 9.67 Å². The van der Waals surface area contributed by atoms with E-state index in [0.29, 0.717) is 6.61 Å². The summed E-state index contributed by atoms with van der Waals surface area (Å²) in [5.41, 5.74) is 4.44. The fourth-order valence-corrected chi connectivity index (χ4v) is 5.88. The van der Waals surface area contributed by atoms with Crippen molar-refractivity contribution < 1.29 is 8.98 Å². The van der Waals surface area contributed by atoms with Gasteiger partial charge in [0.25, 0.3) is 0 Å². The van der Waals surface area contributed by atoms with Crippen LogP contribution in [0.2, 0.25) is 18.1 Å². The van der Waals surface area contributed by atoms with E-state index >= 15 is 0 Å². The van der Waals surface area contributed by atoms with Crippen molar-refractivity contribution in [3.05, 3.63) is 72.2 Å². The van der Waals surface area contributed by atoms with Gasteiger partial charge in [-0.3, -0.25) is 4.98 Å². The molecular weight excluding hydrogens is 547 g/mol. The van der Waals surface area contributed by atoms with E-state index in [1.54, 1.807) is 0 Å². The third-order valence-electron chi connectivity index (χ3n) is 7.68. The number of aromatic nitrogens is 4. The molecule has 3 aromatic heterocycles. The van der Waals surface area contributed by atoms with Crippen molar-refractivity contribution >= 4 is 30.6 Å². The van der Waals surface area contributed by atoms with Gasteiger partial charge in [0, 0.05) is 22.3 Å². The molecule has 219 valence electrons. The monoisotopic (exact) mass is 590 g/mol. The van der Waals surface area contributed by atoms with Crippen LogP contribution < -0.4 is 4.72 Å². The quantitative estimate of drug-likeness (QED) is 0.150. The largest absolute Gasteiger partial charge is 0.598 e. The molecule has 0 aliphatic carbocycles. The van der Waals surface area contributed by atoms with Crippen LogP contribution in [0.15, 0.2) is 54.7 Å². The van der Waals surface area contributed by atoms with Gasteiger partial charge in [-0.1, -0.05) is 46.2 Å². The molecule has 0 bridgehead atoms. The molecule has 0 aliphatic heterocycles. The van der Waals surface area contributed by atoms with E-state index in [1.165, 1.54) is 0 Å². The van der Waals surface area contributed by atoms with Crippen molar-refractivity contribution in [3.63, 3.8) is 0 Å². The Balaban J connectivity index is 1.63. The lowest BCUT2D eigenvalue weighted by atomic mass is 10.1. The molecule has 9 heteroatoms. The number of rotatable bonds is 10. The van der Waals surface area contributed by atoms with Crippen molar-refractivity contribution in [2.45, 2.75) is 96.8 Å². The molecule has 0 spiro atoms. The highest BCUT2D eigenvalue weighted by atomic mass is 32.2. The summed E-state index contributed by atoms with van der Waals surface area (Å²) in [5, 5.41) is 5.68. The Morgan fingerprint density at radius 1 is 1.07 bits per heavy atom. The van der Waals surface area contributed by atoms with Gasteiger partial charge in [-0.2, -0.15) is 5.10 Å². The van der Waals surface area contributed by atoms with Crippen LogP contribution in [0.5, 0.6) is 0 Å². The van der Waals surface area contributed by atoms with Crippen LogP contribution >= 0.6 is 0 Å². The smallest absolute Gasteiger partial charge is 0.192 e. The summed E-state index contributed by atoms with van der Waals surface area (Å²) in [7, 11) is -1.89. The molecule has 0 saturated carbocycles. The lowest BCUT2D eigenvalue weighted by Gasteiger charge is -2.36. The van der Waals surface area contributed by atoms with E-state index in [2.05, 4.69) is 62.7 Å². The van der Waals surface area contributed by atoms with Crippen LogP contribution in [-0.4, -0.2) is 37.4 Å². The van der Waals surface area contributed by atoms with Crippen LogP contribution in [-0.2, 0) is 22.4 Å². The van der Waals surface area contributed by atoms with Gasteiger partial charge in [-0.05, 0) is 87.8 Å². The molecule has 41 heavy (non-hydrogen) atoms. The summed E-state index contributed by atoms with van der Waals surface area (Å²) in [4.78, 5) is 9.89. The van der Waals surface area contributed by atoms with Gasteiger partial charge >= 0.3 is 0 Å². The van der Waals surface area contributed by atoms with Crippen molar-refractivity contribution in [1.29, 1.82) is 0 Å². The number of benzene rings is 1. The highest BCUT2D eigenvalue weighted by molar-refractivity contribution is 7.90. The van der Waals surface area contributed by atoms with E-state index in [4.69, 9.17) is 14.4 Å². The molecule has 0 amide bonds. The number of hydrogen-bond donors (Lipinski definition) is 1. The van der Waals surface area contributed by atoms with Crippen LogP contribution in [0.4, 0.5) is 0 Å². The van der Waals surface area contributed by atoms with E-state index < -0.39 is 19.7 Å². The number of fused-ring (bicyclic) bond motifs is 1. The lowest BCUT2D eigenvalue weighted by molar-refractivity contribution is 0.272. The van der Waals surface area contributed by atoms with E-state index in [1.807, 2.05) is 74.1 Å². The Hall–Kier alpha value is -2.56. The Morgan fingerprint density at radius 3 is 2.49 bits per heavy atom. The molecule has 1 radical (unpaired) electrons. The van der Waals surface area contributed by atoms with E-state index in [0.717, 1.165) is 52.2 Å². The third kappa shape index (κ3) is 7.45. The average molecular weight is 591 g/mol. The summed E-state index contributed by atoms with van der Waals surface area (Å²) in [5.74, 6) is 0.737. The second kappa shape index (κ2) is 12.4. The van der Waals surface area contributed by atoms with Gasteiger partial charge < -0.3 is 8.98 Å². The molecule has 1 aromatic carbocycles. The summed E-state index contributed by atoms with van der Waals surface area (Å²) in [6.07, 6.45) is 3.61. The second-order valence-electron chi connectivity index (χ2n) is 13.1. The molecule has 0 aliphatic rings. The zero-order chi connectivity index (χ0) is 30.0. The van der Waals surface area contributed by atoms with Crippen molar-refractivity contribution in [3.8, 4) is 17.1 Å². The molecule has 0 unspecified atom stereocenters. The molecule has 1 N–H and O–H groups in total. The van der Waals surface area contributed by atoms with Crippen LogP contribution in [0.25, 0.3) is 28.0 Å². The number of hydrogen-bond acceptors (Lipinski definition) is 6. The van der Waals surface area contributed by atoms with Gasteiger partial charge in [0.05, 0.1) is 41.4 Å². The first-order chi connectivity index (χ1) is 19.2. The standard InChI is InChI=1S/C32H44N5O2SSi/c1-10-13-28(36-40(38)31(2,3)4)27-16-12-15-26(35-27)23-18-19-24-21-33-37(29(24)20-23)30-17-11-14-25(34-30)22-39-41(8,9)32(5,6)7/h11-12,14-18,20-21,28,36H,10,13,22H2,1-9H3/t28-,40+/m0/s1. The van der Waals surface area contributed by atoms with Crippen molar-refractivity contribution in [1.82, 2.24) is 24.5 Å². The topological polar surface area (TPSA) is 87.9 Å². The first kappa shape index (κ1) is 31.4. The summed E-state index contributed by atoms with van der Waals surface area (Å²) < 4.78 is 24.1. The minimum absolute atomic E-state index is 0.0984. The van der Waals surface area contributed by atoms with Crippen LogP contribution in [0, 0.1) is 6.07 Å². The maximum absolute atomic E-state index is 12.9. The summed E-state index contributed by atoms with van der Waals surface area (Å²) in [6.45, 7) is 19.8. The van der Waals surface area contributed by atoms with Gasteiger partial charge in [-0.15, -0.1) is 4.72 Å². The first-order valence-electron chi connectivity index (χ1n) is 14.3. The molecule has 4 rings (SSSR count). The fraction of sp³-hybridized carbons (Fsp3) is 0.469. The molecule has 2 atom stereocenters. The highest BCUT2D eigenvalue weighted by Gasteiger charge is 2.37. The van der Waals surface area contributed by atoms with Crippen molar-refractivity contribution in [2.75, 3.05) is 0 Å². The minimum atomic E-state index is -1.89. The van der Waals surface area contributed by atoms with Gasteiger partial charge in [0.15, 0.2) is 14.1 Å². The number of pyridine rings is 2. The van der Waals surface area contributed by atoms with Gasteiger partial charge in [0.1, 0.15) is 4.75 Å². The predicted molar refractivity (Wildman–Crippen MR) is 172 cm³/mol. The van der Waals surface area contributed by atoms with Crippen LogP contribution in [0.1, 0.15) is 78.7 Å². The maximum atomic E-state index is 12.9. The van der Waals surface area contributed by atoms with Crippen LogP contribution in [0.3, 0.4) is 0 Å². The SMILES string of the molecule is CCC[C@H](N[S@+]([O-])C(C)(C)C)c1cccc(-c2c[c]c3cnn(-c4cccc(CO[Si](C)(C)C(C)(C)C)n4)c3c2)n1. The van der Waals surface area contributed by atoms with E-state index in [9.17, 15) is 4.55 Å². The number of nitrogens with zero attached hydrogens (tertiary/aromatic N) is 4. The van der Waals surface area contributed by atoms with E-state index in [-0.39, 0.29) is 15.8 Å². The minimum Gasteiger partial charge on any atom is -0.598 e. The highest BCUT2D eigenvalue weighted by Crippen LogP contribution is 2.37. The Bertz CT molecular complexity index is 1470. The second-order valence-corrected chi connectivity index (χ2v) is 19.9. The van der Waals surface area contributed by atoms with Gasteiger partial charge in [0.2, 0.25) is 0 Å². The Labute approximate surface area is 249 Å². The zero-order valence-corrected chi connectivity index (χ0v) is 27.7. The molecule has 3 heterocycles. The Morgan fingerprint density at radius 2 is 1.80 bits per heavy atom. The molecular formula is C32H44N5O2SSi. The summed E-state index contributed by atoms with van der Waals surface area (Å²) >= 11 is -1.19. The average Bonchev–Trinajstić information content (AvgIpc) is 3.34. The molecule has 7 nitrogen and oxygen atoms in total. The first-order valence-corrected chi connectivity index (χ1v) is 18.4. The third-order valence-corrected chi connectivity index (χ3v) is 13.8. The molecule has 4 aromatic rings. The fourth-order valence-electron chi connectivity index (χ4n) is 4.09. The predicted octanol–water partition coefficient (Wildman–Crippen LogP) is 7.70. The number of nitrogens with one attached hydrogen (secondary N) is 1. The molecule has 0 fully saturated rings. The zero-order valence-electron chi connectivity index (χ0n) is 25.9. The Kier molecular flexibility index (Phi) is 9.45.